The first-order chi connectivity index (χ1) is 18.3. The number of carbonyl (C=O) groups excluding carboxylic acids is 4. The molecule has 39 heavy (non-hydrogen) atoms. The third kappa shape index (κ3) is 8.28. The van der Waals surface area contributed by atoms with Gasteiger partial charge in [-0.1, -0.05) is 42.5 Å². The highest BCUT2D eigenvalue weighted by Crippen LogP contribution is 2.29. The zero-order valence-electron chi connectivity index (χ0n) is 21.6. The van der Waals surface area contributed by atoms with E-state index < -0.39 is 47.6 Å². The summed E-state index contributed by atoms with van der Waals surface area (Å²) in [4.78, 5) is 50.6. The Morgan fingerprint density at radius 3 is 1.97 bits per heavy atom. The molecule has 1 heterocycles. The zero-order valence-corrected chi connectivity index (χ0v) is 21.6. The lowest BCUT2D eigenvalue weighted by atomic mass is 9.94. The van der Waals surface area contributed by atoms with Crippen LogP contribution in [0.4, 0.5) is 13.2 Å². The van der Waals surface area contributed by atoms with Crippen molar-refractivity contribution >= 4 is 23.5 Å². The Morgan fingerprint density at radius 1 is 0.897 bits per heavy atom. The lowest BCUT2D eigenvalue weighted by Gasteiger charge is -2.25. The van der Waals surface area contributed by atoms with Crippen LogP contribution in [0.2, 0.25) is 0 Å². The van der Waals surface area contributed by atoms with Crippen molar-refractivity contribution in [2.75, 3.05) is 13.7 Å². The predicted molar refractivity (Wildman–Crippen MR) is 134 cm³/mol. The van der Waals surface area contributed by atoms with Gasteiger partial charge in [-0.3, -0.25) is 19.2 Å². The molecule has 1 aliphatic heterocycles. The number of carbonyl (C=O) groups is 4. The van der Waals surface area contributed by atoms with Gasteiger partial charge in [-0.05, 0) is 43.5 Å². The summed E-state index contributed by atoms with van der Waals surface area (Å²) in [5.74, 6) is -3.82. The van der Waals surface area contributed by atoms with Crippen molar-refractivity contribution in [3.05, 3.63) is 65.7 Å². The number of epoxide rings is 1. The van der Waals surface area contributed by atoms with E-state index in [1.807, 2.05) is 6.07 Å². The minimum Gasteiger partial charge on any atom is -0.497 e. The van der Waals surface area contributed by atoms with Crippen molar-refractivity contribution in [1.82, 2.24) is 16.0 Å². The van der Waals surface area contributed by atoms with Crippen molar-refractivity contribution in [2.24, 2.45) is 0 Å². The van der Waals surface area contributed by atoms with Gasteiger partial charge in [0.2, 0.25) is 11.8 Å². The topological polar surface area (TPSA) is 126 Å². The van der Waals surface area contributed by atoms with Gasteiger partial charge in [-0.25, -0.2) is 0 Å². The van der Waals surface area contributed by atoms with E-state index in [1.54, 1.807) is 60.8 Å². The second-order valence-electron chi connectivity index (χ2n) is 9.44. The van der Waals surface area contributed by atoms with E-state index in [9.17, 15) is 32.3 Å². The van der Waals surface area contributed by atoms with Gasteiger partial charge in [-0.2, -0.15) is 13.2 Å². The van der Waals surface area contributed by atoms with Crippen LogP contribution in [-0.4, -0.2) is 67.1 Å². The van der Waals surface area contributed by atoms with Crippen LogP contribution in [0.25, 0.3) is 0 Å². The molecule has 9 nitrogen and oxygen atoms in total. The summed E-state index contributed by atoms with van der Waals surface area (Å²) < 4.78 is 48.4. The molecule has 1 fully saturated rings. The Hall–Kier alpha value is -3.93. The molecular formula is C27H30F3N3O6. The maximum absolute atomic E-state index is 13.5. The highest BCUT2D eigenvalue weighted by Gasteiger charge is 2.50. The standard InChI is InChI=1S/C27H30F3N3O6/c1-16(31-25(37)27(28,29)30)23(35)33-21(14-18-9-11-19(38-3)12-10-18)24(36)32-20(22(34)26(2)15-39-26)13-17-7-5-4-6-8-17/h4-12,16,20-21H,13-15H2,1-3H3,(H,31,37)(H,32,36)(H,33,35)/t16-,20-,21-,26+/m0/s1. The number of methoxy groups -OCH3 is 1. The molecule has 0 aromatic heterocycles. The number of halogens is 3. The number of ketones is 1. The smallest absolute Gasteiger partial charge is 0.471 e. The fourth-order valence-electron chi connectivity index (χ4n) is 3.80. The van der Waals surface area contributed by atoms with Gasteiger partial charge in [-0.15, -0.1) is 0 Å². The zero-order chi connectivity index (χ0) is 28.8. The Kier molecular flexibility index (Phi) is 9.33. The van der Waals surface area contributed by atoms with Crippen LogP contribution in [0, 0.1) is 0 Å². The molecule has 0 unspecified atom stereocenters. The average molecular weight is 550 g/mol. The summed E-state index contributed by atoms with van der Waals surface area (Å²) in [7, 11) is 1.48. The molecule has 3 amide bonds. The molecule has 2 aromatic carbocycles. The summed E-state index contributed by atoms with van der Waals surface area (Å²) >= 11 is 0. The summed E-state index contributed by atoms with van der Waals surface area (Å²) in [5.41, 5.74) is 0.337. The van der Waals surface area contributed by atoms with Crippen molar-refractivity contribution in [3.8, 4) is 5.75 Å². The first-order valence-corrected chi connectivity index (χ1v) is 12.2. The molecule has 1 saturated heterocycles. The predicted octanol–water partition coefficient (Wildman–Crippen LogP) is 1.87. The van der Waals surface area contributed by atoms with Crippen LogP contribution in [0.3, 0.4) is 0 Å². The van der Waals surface area contributed by atoms with E-state index in [4.69, 9.17) is 9.47 Å². The maximum atomic E-state index is 13.5. The van der Waals surface area contributed by atoms with E-state index in [2.05, 4.69) is 10.6 Å². The number of nitrogens with one attached hydrogen (secondary N) is 3. The second kappa shape index (κ2) is 12.3. The van der Waals surface area contributed by atoms with Crippen LogP contribution in [0.5, 0.6) is 5.75 Å². The third-order valence-corrected chi connectivity index (χ3v) is 6.24. The molecule has 0 saturated carbocycles. The minimum absolute atomic E-state index is 0.0540. The number of benzene rings is 2. The Labute approximate surface area is 223 Å². The highest BCUT2D eigenvalue weighted by atomic mass is 19.4. The van der Waals surface area contributed by atoms with Crippen molar-refractivity contribution in [3.63, 3.8) is 0 Å². The molecule has 0 aliphatic carbocycles. The fourth-order valence-corrected chi connectivity index (χ4v) is 3.80. The van der Waals surface area contributed by atoms with Gasteiger partial charge in [0, 0.05) is 6.42 Å². The summed E-state index contributed by atoms with van der Waals surface area (Å²) in [6.45, 7) is 2.88. The summed E-state index contributed by atoms with van der Waals surface area (Å²) in [6.07, 6.45) is -5.08. The number of amides is 3. The number of alkyl halides is 3. The molecule has 1 aliphatic rings. The number of hydrogen-bond acceptors (Lipinski definition) is 6. The van der Waals surface area contributed by atoms with E-state index in [-0.39, 0.29) is 25.2 Å². The SMILES string of the molecule is COc1ccc(C[C@H](NC(=O)[C@H](C)NC(=O)C(F)(F)F)C(=O)N[C@@H](Cc2ccccc2)C(=O)[C@@]2(C)CO2)cc1. The first kappa shape index (κ1) is 29.6. The van der Waals surface area contributed by atoms with Crippen LogP contribution >= 0.6 is 0 Å². The van der Waals surface area contributed by atoms with Gasteiger partial charge < -0.3 is 25.4 Å². The molecule has 0 radical (unpaired) electrons. The van der Waals surface area contributed by atoms with Crippen molar-refractivity contribution in [1.29, 1.82) is 0 Å². The van der Waals surface area contributed by atoms with E-state index in [0.717, 1.165) is 12.5 Å². The molecule has 12 heteroatoms. The lowest BCUT2D eigenvalue weighted by Crippen LogP contribution is -2.57. The molecular weight excluding hydrogens is 519 g/mol. The molecule has 0 bridgehead atoms. The maximum Gasteiger partial charge on any atom is 0.471 e. The molecule has 0 spiro atoms. The van der Waals surface area contributed by atoms with E-state index in [1.165, 1.54) is 7.11 Å². The quantitative estimate of drug-likeness (QED) is 0.347. The largest absolute Gasteiger partial charge is 0.497 e. The van der Waals surface area contributed by atoms with Gasteiger partial charge in [0.15, 0.2) is 5.78 Å². The van der Waals surface area contributed by atoms with Crippen molar-refractivity contribution < 1.29 is 41.8 Å². The molecule has 3 rings (SSSR count). The normalized spacial score (nSPS) is 18.7. The lowest BCUT2D eigenvalue weighted by molar-refractivity contribution is -0.174. The van der Waals surface area contributed by atoms with Crippen LogP contribution in [-0.2, 0) is 36.8 Å². The molecule has 4 atom stereocenters. The fraction of sp³-hybridized carbons (Fsp3) is 0.407. The minimum atomic E-state index is -5.18. The molecule has 2 aromatic rings. The van der Waals surface area contributed by atoms with Gasteiger partial charge in [0.1, 0.15) is 23.4 Å². The molecule has 3 N–H and O–H groups in total. The number of Topliss-reactive ketones (excluding diaryl/α,β-unsaturated/α-hetero) is 1. The van der Waals surface area contributed by atoms with E-state index >= 15 is 0 Å². The number of rotatable bonds is 12. The summed E-state index contributed by atoms with van der Waals surface area (Å²) in [5, 5.41) is 6.66. The Morgan fingerprint density at radius 2 is 1.44 bits per heavy atom. The Bertz CT molecular complexity index is 1180. The van der Waals surface area contributed by atoms with E-state index in [0.29, 0.717) is 11.3 Å². The van der Waals surface area contributed by atoms with Gasteiger partial charge in [0.25, 0.3) is 0 Å². The van der Waals surface area contributed by atoms with Gasteiger partial charge >= 0.3 is 12.1 Å². The first-order valence-electron chi connectivity index (χ1n) is 12.2. The van der Waals surface area contributed by atoms with Crippen LogP contribution < -0.4 is 20.7 Å². The number of ether oxygens (including phenoxy) is 2. The average Bonchev–Trinajstić information content (AvgIpc) is 3.66. The van der Waals surface area contributed by atoms with Crippen LogP contribution in [0.15, 0.2) is 54.6 Å². The number of hydrogen-bond donors (Lipinski definition) is 3. The van der Waals surface area contributed by atoms with Crippen LogP contribution in [0.1, 0.15) is 25.0 Å². The summed E-state index contributed by atoms with van der Waals surface area (Å²) in [6, 6.07) is 11.7. The van der Waals surface area contributed by atoms with Crippen molar-refractivity contribution in [2.45, 2.75) is 56.6 Å². The second-order valence-corrected chi connectivity index (χ2v) is 9.44. The highest BCUT2D eigenvalue weighted by molar-refractivity contribution is 5.98. The third-order valence-electron chi connectivity index (χ3n) is 6.24. The van der Waals surface area contributed by atoms with Gasteiger partial charge in [0.05, 0.1) is 19.8 Å². The Balaban J connectivity index is 1.81. The molecule has 210 valence electrons. The monoisotopic (exact) mass is 549 g/mol.